The SMILES string of the molecule is COc1nc(NC(C)CS(C)=O)nc(OC)n1. The number of anilines is 1. The van der Waals surface area contributed by atoms with Crippen LogP contribution < -0.4 is 14.8 Å². The van der Waals surface area contributed by atoms with E-state index in [2.05, 4.69) is 20.3 Å². The van der Waals surface area contributed by atoms with Gasteiger partial charge in [-0.3, -0.25) is 4.21 Å². The van der Waals surface area contributed by atoms with Crippen molar-refractivity contribution in [2.75, 3.05) is 31.5 Å². The summed E-state index contributed by atoms with van der Waals surface area (Å²) in [6.07, 6.45) is 1.65. The number of nitrogens with one attached hydrogen (secondary N) is 1. The maximum atomic E-state index is 11.1. The molecule has 0 saturated carbocycles. The van der Waals surface area contributed by atoms with Crippen LogP contribution in [0.25, 0.3) is 0 Å². The first-order chi connectivity index (χ1) is 8.05. The molecule has 0 aliphatic carbocycles. The van der Waals surface area contributed by atoms with Crippen LogP contribution in [-0.4, -0.2) is 51.4 Å². The second kappa shape index (κ2) is 6.33. The molecule has 0 radical (unpaired) electrons. The molecule has 0 aliphatic heterocycles. The van der Waals surface area contributed by atoms with Crippen LogP contribution in [0.15, 0.2) is 0 Å². The molecule has 0 saturated heterocycles. The van der Waals surface area contributed by atoms with E-state index in [4.69, 9.17) is 9.47 Å². The zero-order chi connectivity index (χ0) is 12.8. The van der Waals surface area contributed by atoms with E-state index in [0.29, 0.717) is 11.7 Å². The van der Waals surface area contributed by atoms with Crippen molar-refractivity contribution in [3.8, 4) is 12.0 Å². The Labute approximate surface area is 102 Å². The zero-order valence-electron chi connectivity index (χ0n) is 10.3. The molecule has 0 bridgehead atoms. The number of aromatic nitrogens is 3. The lowest BCUT2D eigenvalue weighted by molar-refractivity contribution is 0.341. The lowest BCUT2D eigenvalue weighted by atomic mass is 10.4. The Hall–Kier alpha value is -1.44. The number of nitrogens with zero attached hydrogens (tertiary/aromatic N) is 3. The molecular weight excluding hydrogens is 244 g/mol. The molecule has 2 atom stereocenters. The molecule has 17 heavy (non-hydrogen) atoms. The van der Waals surface area contributed by atoms with Gasteiger partial charge >= 0.3 is 12.0 Å². The summed E-state index contributed by atoms with van der Waals surface area (Å²) in [5, 5.41) is 3.01. The van der Waals surface area contributed by atoms with E-state index >= 15 is 0 Å². The van der Waals surface area contributed by atoms with Crippen molar-refractivity contribution >= 4 is 16.7 Å². The van der Waals surface area contributed by atoms with Crippen molar-refractivity contribution in [2.24, 2.45) is 0 Å². The van der Waals surface area contributed by atoms with Gasteiger partial charge in [0.05, 0.1) is 14.2 Å². The van der Waals surface area contributed by atoms with Crippen LogP contribution in [-0.2, 0) is 10.8 Å². The average Bonchev–Trinajstić information content (AvgIpc) is 2.27. The van der Waals surface area contributed by atoms with Crippen molar-refractivity contribution < 1.29 is 13.7 Å². The third-order valence-electron chi connectivity index (χ3n) is 1.82. The predicted molar refractivity (Wildman–Crippen MR) is 64.9 cm³/mol. The third-order valence-corrected chi connectivity index (χ3v) is 2.79. The molecule has 7 nitrogen and oxygen atoms in total. The quantitative estimate of drug-likeness (QED) is 0.774. The molecule has 1 heterocycles. The molecule has 1 rings (SSSR count). The van der Waals surface area contributed by atoms with Gasteiger partial charge in [0.25, 0.3) is 0 Å². The van der Waals surface area contributed by atoms with E-state index in [1.165, 1.54) is 14.2 Å². The molecule has 1 aromatic rings. The number of methoxy groups -OCH3 is 2. The Morgan fingerprint density at radius 1 is 1.24 bits per heavy atom. The normalized spacial score (nSPS) is 13.9. The highest BCUT2D eigenvalue weighted by molar-refractivity contribution is 7.84. The van der Waals surface area contributed by atoms with E-state index in [-0.39, 0.29) is 18.1 Å². The summed E-state index contributed by atoms with van der Waals surface area (Å²) in [6, 6.07) is 0.325. The molecule has 0 fully saturated rings. The summed E-state index contributed by atoms with van der Waals surface area (Å²) in [4.78, 5) is 11.9. The van der Waals surface area contributed by atoms with Gasteiger partial charge in [-0.25, -0.2) is 0 Å². The number of hydrogen-bond donors (Lipinski definition) is 1. The minimum absolute atomic E-state index is 0.0161. The number of hydrogen-bond acceptors (Lipinski definition) is 7. The summed E-state index contributed by atoms with van der Waals surface area (Å²) in [7, 11) is 2.04. The van der Waals surface area contributed by atoms with Crippen molar-refractivity contribution in [3.63, 3.8) is 0 Å². The van der Waals surface area contributed by atoms with Crippen LogP contribution in [0, 0.1) is 0 Å². The molecule has 0 aromatic carbocycles. The van der Waals surface area contributed by atoms with Crippen molar-refractivity contribution in [1.29, 1.82) is 0 Å². The first-order valence-corrected chi connectivity index (χ1v) is 6.68. The van der Waals surface area contributed by atoms with Gasteiger partial charge in [0.2, 0.25) is 5.95 Å². The van der Waals surface area contributed by atoms with E-state index < -0.39 is 10.8 Å². The summed E-state index contributed by atoms with van der Waals surface area (Å²) in [5.41, 5.74) is 0. The second-order valence-electron chi connectivity index (χ2n) is 3.42. The van der Waals surface area contributed by atoms with Gasteiger partial charge in [-0.1, -0.05) is 0 Å². The maximum Gasteiger partial charge on any atom is 0.324 e. The average molecular weight is 260 g/mol. The molecule has 1 N–H and O–H groups in total. The van der Waals surface area contributed by atoms with Crippen LogP contribution in [0.4, 0.5) is 5.95 Å². The highest BCUT2D eigenvalue weighted by Crippen LogP contribution is 2.12. The minimum atomic E-state index is -0.880. The smallest absolute Gasteiger partial charge is 0.324 e. The lowest BCUT2D eigenvalue weighted by Gasteiger charge is -2.12. The Morgan fingerprint density at radius 3 is 2.18 bits per heavy atom. The molecule has 1 aromatic heterocycles. The summed E-state index contributed by atoms with van der Waals surface area (Å²) in [5.74, 6) is 0.850. The predicted octanol–water partition coefficient (Wildman–Crippen LogP) is 0.0677. The van der Waals surface area contributed by atoms with Gasteiger partial charge in [0.1, 0.15) is 0 Å². The van der Waals surface area contributed by atoms with Crippen LogP contribution >= 0.6 is 0 Å². The van der Waals surface area contributed by atoms with Gasteiger partial charge < -0.3 is 14.8 Å². The van der Waals surface area contributed by atoms with E-state index in [1.54, 1.807) is 6.26 Å². The Morgan fingerprint density at radius 2 is 1.76 bits per heavy atom. The Bertz CT molecular complexity index is 380. The zero-order valence-corrected chi connectivity index (χ0v) is 11.1. The fraction of sp³-hybridized carbons (Fsp3) is 0.667. The van der Waals surface area contributed by atoms with E-state index in [1.807, 2.05) is 6.92 Å². The highest BCUT2D eigenvalue weighted by Gasteiger charge is 2.10. The van der Waals surface area contributed by atoms with Crippen LogP contribution in [0.1, 0.15) is 6.92 Å². The van der Waals surface area contributed by atoms with Gasteiger partial charge in [0.15, 0.2) is 0 Å². The molecule has 0 amide bonds. The topological polar surface area (TPSA) is 86.2 Å². The minimum Gasteiger partial charge on any atom is -0.467 e. The van der Waals surface area contributed by atoms with E-state index in [0.717, 1.165) is 0 Å². The van der Waals surface area contributed by atoms with Crippen molar-refractivity contribution in [2.45, 2.75) is 13.0 Å². The number of ether oxygens (including phenoxy) is 2. The Kier molecular flexibility index (Phi) is 5.08. The summed E-state index contributed by atoms with van der Waals surface area (Å²) in [6.45, 7) is 1.89. The largest absolute Gasteiger partial charge is 0.467 e. The first kappa shape index (κ1) is 13.6. The number of rotatable bonds is 6. The monoisotopic (exact) mass is 260 g/mol. The molecule has 2 unspecified atom stereocenters. The molecule has 0 aliphatic rings. The molecular formula is C9H16N4O3S. The highest BCUT2D eigenvalue weighted by atomic mass is 32.2. The van der Waals surface area contributed by atoms with Gasteiger partial charge in [-0.2, -0.15) is 9.97 Å². The standard InChI is InChI=1S/C9H16N4O3S/c1-6(5-17(4)14)10-7-11-8(15-2)13-9(12-7)16-3/h6H,5H2,1-4H3,(H,10,11,12,13). The van der Waals surface area contributed by atoms with Crippen LogP contribution in [0.5, 0.6) is 12.0 Å². The van der Waals surface area contributed by atoms with E-state index in [9.17, 15) is 4.21 Å². The Balaban J connectivity index is 2.79. The van der Waals surface area contributed by atoms with Gasteiger partial charge in [-0.15, -0.1) is 4.98 Å². The van der Waals surface area contributed by atoms with Crippen molar-refractivity contribution in [1.82, 2.24) is 15.0 Å². The lowest BCUT2D eigenvalue weighted by Crippen LogP contribution is -2.23. The fourth-order valence-corrected chi connectivity index (χ4v) is 1.99. The molecule has 8 heteroatoms. The molecule has 96 valence electrons. The summed E-state index contributed by atoms with van der Waals surface area (Å²) >= 11 is 0. The third kappa shape index (κ3) is 4.51. The van der Waals surface area contributed by atoms with Gasteiger partial charge in [0, 0.05) is 28.9 Å². The van der Waals surface area contributed by atoms with Crippen LogP contribution in [0.3, 0.4) is 0 Å². The molecule has 0 spiro atoms. The van der Waals surface area contributed by atoms with Crippen molar-refractivity contribution in [3.05, 3.63) is 0 Å². The first-order valence-electron chi connectivity index (χ1n) is 4.95. The fourth-order valence-electron chi connectivity index (χ4n) is 1.20. The maximum absolute atomic E-state index is 11.1. The summed E-state index contributed by atoms with van der Waals surface area (Å²) < 4.78 is 20.9. The second-order valence-corrected chi connectivity index (χ2v) is 4.90. The van der Waals surface area contributed by atoms with Gasteiger partial charge in [-0.05, 0) is 6.92 Å². The van der Waals surface area contributed by atoms with Crippen LogP contribution in [0.2, 0.25) is 0 Å².